The number of halogens is 1. The molecule has 3 rings (SSSR count). The highest BCUT2D eigenvalue weighted by Gasteiger charge is 2.28. The average molecular weight is 338 g/mol. The summed E-state index contributed by atoms with van der Waals surface area (Å²) < 4.78 is 13.6. The normalized spacial score (nSPS) is 16.1. The van der Waals surface area contributed by atoms with Crippen LogP contribution in [0.1, 0.15) is 34.5 Å². The van der Waals surface area contributed by atoms with Crippen molar-refractivity contribution in [2.24, 2.45) is 0 Å². The van der Waals surface area contributed by atoms with Gasteiger partial charge in [0.05, 0.1) is 6.04 Å². The first-order chi connectivity index (χ1) is 12.0. The van der Waals surface area contributed by atoms with E-state index >= 15 is 0 Å². The molecule has 0 saturated carbocycles. The highest BCUT2D eigenvalue weighted by molar-refractivity contribution is 6.01. The molecule has 1 heterocycles. The molecule has 128 valence electrons. The lowest BCUT2D eigenvalue weighted by atomic mass is 9.93. The van der Waals surface area contributed by atoms with Crippen molar-refractivity contribution in [3.05, 3.63) is 77.6 Å². The third kappa shape index (κ3) is 3.45. The maximum Gasteiger partial charge on any atom is 0.254 e. The molecule has 0 radical (unpaired) electrons. The van der Waals surface area contributed by atoms with Gasteiger partial charge in [-0.15, -0.1) is 0 Å². The molecule has 2 amide bonds. The number of nitrogens with zero attached hydrogens (tertiary/aromatic N) is 1. The Morgan fingerprint density at radius 3 is 2.84 bits per heavy atom. The number of carbonyl (C=O) groups excluding carboxylic acids is 2. The Morgan fingerprint density at radius 1 is 1.28 bits per heavy atom. The lowest BCUT2D eigenvalue weighted by Crippen LogP contribution is -2.39. The second-order valence-electron chi connectivity index (χ2n) is 6.04. The van der Waals surface area contributed by atoms with Gasteiger partial charge in [-0.1, -0.05) is 18.7 Å². The molecule has 4 nitrogen and oxygen atoms in total. The first kappa shape index (κ1) is 16.9. The Morgan fingerprint density at radius 2 is 2.08 bits per heavy atom. The maximum atomic E-state index is 13.6. The van der Waals surface area contributed by atoms with Gasteiger partial charge in [0.2, 0.25) is 5.91 Å². The van der Waals surface area contributed by atoms with Crippen LogP contribution >= 0.6 is 0 Å². The minimum atomic E-state index is -0.333. The summed E-state index contributed by atoms with van der Waals surface area (Å²) in [7, 11) is 0. The summed E-state index contributed by atoms with van der Waals surface area (Å²) in [6.07, 6.45) is 1.87. The fourth-order valence-corrected chi connectivity index (χ4v) is 3.15. The molecule has 1 aliphatic rings. The first-order valence-corrected chi connectivity index (χ1v) is 8.12. The minimum Gasteiger partial charge on any atom is -0.332 e. The highest BCUT2D eigenvalue weighted by atomic mass is 19.1. The molecule has 1 N–H and O–H groups in total. The summed E-state index contributed by atoms with van der Waals surface area (Å²) in [4.78, 5) is 26.1. The molecule has 0 saturated heterocycles. The van der Waals surface area contributed by atoms with Crippen LogP contribution in [0.15, 0.2) is 55.1 Å². The number of carbonyl (C=O) groups is 2. The third-order valence-corrected chi connectivity index (χ3v) is 4.47. The summed E-state index contributed by atoms with van der Waals surface area (Å²) in [5.74, 6) is -0.772. The third-order valence-electron chi connectivity index (χ3n) is 4.47. The van der Waals surface area contributed by atoms with Gasteiger partial charge in [0, 0.05) is 17.8 Å². The highest BCUT2D eigenvalue weighted by Crippen LogP contribution is 2.31. The first-order valence-electron chi connectivity index (χ1n) is 8.12. The maximum absolute atomic E-state index is 13.6. The lowest BCUT2D eigenvalue weighted by Gasteiger charge is -2.35. The number of amides is 2. The van der Waals surface area contributed by atoms with Crippen LogP contribution in [-0.2, 0) is 11.2 Å². The molecule has 0 aromatic heterocycles. The zero-order valence-electron chi connectivity index (χ0n) is 14.0. The van der Waals surface area contributed by atoms with Crippen molar-refractivity contribution < 1.29 is 14.0 Å². The number of rotatable bonds is 3. The van der Waals surface area contributed by atoms with Crippen LogP contribution in [0.4, 0.5) is 10.1 Å². The van der Waals surface area contributed by atoms with Crippen molar-refractivity contribution in [3.63, 3.8) is 0 Å². The summed E-state index contributed by atoms with van der Waals surface area (Å²) in [6.45, 7) is 5.88. The van der Waals surface area contributed by atoms with Gasteiger partial charge >= 0.3 is 0 Å². The van der Waals surface area contributed by atoms with Gasteiger partial charge in [-0.05, 0) is 60.9 Å². The Balaban J connectivity index is 1.85. The van der Waals surface area contributed by atoms with Crippen LogP contribution in [0.25, 0.3) is 0 Å². The van der Waals surface area contributed by atoms with Crippen LogP contribution in [0, 0.1) is 5.82 Å². The Hall–Kier alpha value is -2.95. The predicted molar refractivity (Wildman–Crippen MR) is 94.8 cm³/mol. The van der Waals surface area contributed by atoms with Crippen molar-refractivity contribution >= 4 is 17.5 Å². The van der Waals surface area contributed by atoms with E-state index in [4.69, 9.17) is 0 Å². The van der Waals surface area contributed by atoms with E-state index in [1.54, 1.807) is 35.2 Å². The van der Waals surface area contributed by atoms with Gasteiger partial charge in [0.15, 0.2) is 0 Å². The van der Waals surface area contributed by atoms with E-state index in [2.05, 4.69) is 11.9 Å². The number of benzene rings is 2. The van der Waals surface area contributed by atoms with Gasteiger partial charge in [-0.25, -0.2) is 4.39 Å². The van der Waals surface area contributed by atoms with Gasteiger partial charge < -0.3 is 10.2 Å². The van der Waals surface area contributed by atoms with Crippen molar-refractivity contribution in [2.75, 3.05) is 11.9 Å². The van der Waals surface area contributed by atoms with Crippen LogP contribution < -0.4 is 5.32 Å². The molecule has 2 aromatic carbocycles. The minimum absolute atomic E-state index is 0.142. The molecule has 0 fully saturated rings. The van der Waals surface area contributed by atoms with Crippen molar-refractivity contribution in [1.82, 2.24) is 4.90 Å². The molecule has 25 heavy (non-hydrogen) atoms. The van der Waals surface area contributed by atoms with Crippen molar-refractivity contribution in [3.8, 4) is 0 Å². The number of anilines is 1. The molecule has 0 spiro atoms. The topological polar surface area (TPSA) is 49.4 Å². The number of hydrogen-bond donors (Lipinski definition) is 1. The van der Waals surface area contributed by atoms with E-state index in [-0.39, 0.29) is 23.7 Å². The van der Waals surface area contributed by atoms with Crippen LogP contribution in [-0.4, -0.2) is 23.3 Å². The molecule has 0 bridgehead atoms. The second-order valence-corrected chi connectivity index (χ2v) is 6.04. The van der Waals surface area contributed by atoms with Crippen LogP contribution in [0.3, 0.4) is 0 Å². The van der Waals surface area contributed by atoms with E-state index in [0.29, 0.717) is 24.2 Å². The number of nitrogens with one attached hydrogen (secondary N) is 1. The number of fused-ring (bicyclic) bond motifs is 1. The predicted octanol–water partition coefficient (Wildman–Crippen LogP) is 3.71. The summed E-state index contributed by atoms with van der Waals surface area (Å²) in [6, 6.07) is 11.3. The fraction of sp³-hybridized carbons (Fsp3) is 0.200. The lowest BCUT2D eigenvalue weighted by molar-refractivity contribution is -0.111. The SMILES string of the molecule is C=CC(=O)Nc1cccc(C(=O)N2CCc3ccc(F)cc3C2C)c1. The van der Waals surface area contributed by atoms with E-state index in [9.17, 15) is 14.0 Å². The van der Waals surface area contributed by atoms with E-state index in [0.717, 1.165) is 11.1 Å². The zero-order valence-corrected chi connectivity index (χ0v) is 14.0. The molecule has 0 aliphatic carbocycles. The van der Waals surface area contributed by atoms with Crippen molar-refractivity contribution in [1.29, 1.82) is 0 Å². The van der Waals surface area contributed by atoms with Gasteiger partial charge in [0.1, 0.15) is 5.82 Å². The Bertz CT molecular complexity index is 847. The average Bonchev–Trinajstić information content (AvgIpc) is 2.62. The van der Waals surface area contributed by atoms with Crippen LogP contribution in [0.5, 0.6) is 0 Å². The standard InChI is InChI=1S/C20H19FN2O2/c1-3-19(24)22-17-6-4-5-15(11-17)20(25)23-10-9-14-7-8-16(21)12-18(14)13(23)2/h3-8,11-13H,1,9-10H2,2H3,(H,22,24). The molecule has 1 unspecified atom stereocenters. The Labute approximate surface area is 146 Å². The van der Waals surface area contributed by atoms with E-state index in [1.165, 1.54) is 18.2 Å². The monoisotopic (exact) mass is 338 g/mol. The molecule has 2 aromatic rings. The molecule has 1 aliphatic heterocycles. The fourth-order valence-electron chi connectivity index (χ4n) is 3.15. The zero-order chi connectivity index (χ0) is 18.0. The van der Waals surface area contributed by atoms with E-state index in [1.807, 2.05) is 6.92 Å². The molecular formula is C20H19FN2O2. The van der Waals surface area contributed by atoms with Gasteiger partial charge in [0.25, 0.3) is 5.91 Å². The Kier molecular flexibility index (Phi) is 4.65. The number of hydrogen-bond acceptors (Lipinski definition) is 2. The van der Waals surface area contributed by atoms with Gasteiger partial charge in [-0.3, -0.25) is 9.59 Å². The van der Waals surface area contributed by atoms with Crippen molar-refractivity contribution in [2.45, 2.75) is 19.4 Å². The molecule has 1 atom stereocenters. The molecule has 5 heteroatoms. The summed E-state index contributed by atoms with van der Waals surface area (Å²) >= 11 is 0. The quantitative estimate of drug-likeness (QED) is 0.868. The summed E-state index contributed by atoms with van der Waals surface area (Å²) in [5, 5.41) is 2.65. The smallest absolute Gasteiger partial charge is 0.254 e. The largest absolute Gasteiger partial charge is 0.332 e. The summed E-state index contributed by atoms with van der Waals surface area (Å²) in [5.41, 5.74) is 2.93. The molecular weight excluding hydrogens is 319 g/mol. The van der Waals surface area contributed by atoms with E-state index < -0.39 is 0 Å². The second kappa shape index (κ2) is 6.89. The van der Waals surface area contributed by atoms with Crippen LogP contribution in [0.2, 0.25) is 0 Å². The van der Waals surface area contributed by atoms with Gasteiger partial charge in [-0.2, -0.15) is 0 Å².